The Balaban J connectivity index is 1.33. The van der Waals surface area contributed by atoms with Crippen LogP contribution in [0.1, 0.15) is 5.89 Å². The van der Waals surface area contributed by atoms with E-state index in [9.17, 15) is 4.79 Å². The lowest BCUT2D eigenvalue weighted by Crippen LogP contribution is -2.50. The number of hydrogen-bond donors (Lipinski definition) is 1. The molecule has 27 heavy (non-hydrogen) atoms. The van der Waals surface area contributed by atoms with Crippen LogP contribution in [0, 0.1) is 6.92 Å². The maximum absolute atomic E-state index is 12.5. The molecule has 0 bridgehead atoms. The smallest absolute Gasteiger partial charge is 0.321 e. The number of nitrogens with zero attached hydrogens (tertiary/aromatic N) is 5. The number of carbonyl (C=O) groups is 1. The highest BCUT2D eigenvalue weighted by molar-refractivity contribution is 5.89. The number of piperazine rings is 1. The van der Waals surface area contributed by atoms with Crippen molar-refractivity contribution in [3.8, 4) is 11.4 Å². The summed E-state index contributed by atoms with van der Waals surface area (Å²) < 4.78 is 4.99. The molecule has 138 valence electrons. The molecule has 3 heterocycles. The van der Waals surface area contributed by atoms with Gasteiger partial charge in [-0.3, -0.25) is 0 Å². The van der Waals surface area contributed by atoms with Gasteiger partial charge in [-0.2, -0.15) is 4.98 Å². The zero-order chi connectivity index (χ0) is 18.6. The van der Waals surface area contributed by atoms with Crippen LogP contribution < -0.4 is 10.2 Å². The summed E-state index contributed by atoms with van der Waals surface area (Å²) in [4.78, 5) is 25.1. The van der Waals surface area contributed by atoms with E-state index in [0.29, 0.717) is 24.8 Å². The lowest BCUT2D eigenvalue weighted by atomic mass is 10.2. The van der Waals surface area contributed by atoms with Crippen molar-refractivity contribution >= 4 is 17.5 Å². The van der Waals surface area contributed by atoms with Crippen molar-refractivity contribution in [2.24, 2.45) is 0 Å². The number of benzene rings is 1. The van der Waals surface area contributed by atoms with Gasteiger partial charge in [0.05, 0.1) is 0 Å². The molecule has 1 aromatic carbocycles. The second-order valence-corrected chi connectivity index (χ2v) is 6.31. The van der Waals surface area contributed by atoms with E-state index in [0.717, 1.165) is 30.2 Å². The Morgan fingerprint density at radius 3 is 2.48 bits per heavy atom. The van der Waals surface area contributed by atoms with Crippen molar-refractivity contribution in [2.45, 2.75) is 6.92 Å². The number of pyridine rings is 1. The van der Waals surface area contributed by atoms with Crippen LogP contribution in [-0.2, 0) is 0 Å². The van der Waals surface area contributed by atoms with Crippen LogP contribution in [0.15, 0.2) is 53.2 Å². The number of amides is 2. The zero-order valence-corrected chi connectivity index (χ0v) is 15.0. The van der Waals surface area contributed by atoms with Gasteiger partial charge in [0.2, 0.25) is 11.7 Å². The van der Waals surface area contributed by atoms with E-state index < -0.39 is 0 Å². The molecule has 2 amide bonds. The van der Waals surface area contributed by atoms with Gasteiger partial charge in [-0.05, 0) is 36.4 Å². The van der Waals surface area contributed by atoms with Gasteiger partial charge in [-0.1, -0.05) is 11.2 Å². The fourth-order valence-corrected chi connectivity index (χ4v) is 3.00. The molecule has 0 unspecified atom stereocenters. The molecule has 3 aromatic rings. The van der Waals surface area contributed by atoms with E-state index in [1.807, 2.05) is 47.4 Å². The van der Waals surface area contributed by atoms with Crippen LogP contribution in [0.3, 0.4) is 0 Å². The van der Waals surface area contributed by atoms with Crippen molar-refractivity contribution in [2.75, 3.05) is 36.4 Å². The predicted octanol–water partition coefficient (Wildman–Crippen LogP) is 2.79. The summed E-state index contributed by atoms with van der Waals surface area (Å²) in [5.74, 6) is 2.01. The Kier molecular flexibility index (Phi) is 4.69. The maximum atomic E-state index is 12.5. The van der Waals surface area contributed by atoms with Crippen LogP contribution in [0.25, 0.3) is 11.4 Å². The Morgan fingerprint density at radius 1 is 1.07 bits per heavy atom. The van der Waals surface area contributed by atoms with Crippen molar-refractivity contribution in [3.63, 3.8) is 0 Å². The van der Waals surface area contributed by atoms with E-state index >= 15 is 0 Å². The SMILES string of the molecule is Cc1nc(-c2ccc(NC(=O)N3CCN(c4ccccn4)CC3)cc2)no1. The summed E-state index contributed by atoms with van der Waals surface area (Å²) in [6.45, 7) is 4.59. The van der Waals surface area contributed by atoms with Gasteiger partial charge in [0.15, 0.2) is 0 Å². The average Bonchev–Trinajstić information content (AvgIpc) is 3.16. The van der Waals surface area contributed by atoms with Crippen molar-refractivity contribution < 1.29 is 9.32 Å². The number of aryl methyl sites for hydroxylation is 1. The van der Waals surface area contributed by atoms with E-state index in [4.69, 9.17) is 4.52 Å². The summed E-state index contributed by atoms with van der Waals surface area (Å²) in [5.41, 5.74) is 1.57. The first-order valence-corrected chi connectivity index (χ1v) is 8.82. The van der Waals surface area contributed by atoms with Crippen LogP contribution >= 0.6 is 0 Å². The normalized spacial score (nSPS) is 14.3. The number of aromatic nitrogens is 3. The molecular formula is C19H20N6O2. The summed E-state index contributed by atoms with van der Waals surface area (Å²) in [6, 6.07) is 13.2. The summed E-state index contributed by atoms with van der Waals surface area (Å²) >= 11 is 0. The molecule has 0 spiro atoms. The fraction of sp³-hybridized carbons (Fsp3) is 0.263. The lowest BCUT2D eigenvalue weighted by Gasteiger charge is -2.35. The van der Waals surface area contributed by atoms with E-state index in [-0.39, 0.29) is 6.03 Å². The van der Waals surface area contributed by atoms with E-state index in [1.165, 1.54) is 0 Å². The molecule has 8 heteroatoms. The Morgan fingerprint density at radius 2 is 1.85 bits per heavy atom. The molecule has 8 nitrogen and oxygen atoms in total. The molecule has 4 rings (SSSR count). The largest absolute Gasteiger partial charge is 0.353 e. The quantitative estimate of drug-likeness (QED) is 0.769. The molecule has 1 aliphatic rings. The average molecular weight is 364 g/mol. The highest BCUT2D eigenvalue weighted by Crippen LogP contribution is 2.19. The molecule has 1 fully saturated rings. The Hall–Kier alpha value is -3.42. The van der Waals surface area contributed by atoms with Crippen LogP contribution in [0.4, 0.5) is 16.3 Å². The van der Waals surface area contributed by atoms with Gasteiger partial charge < -0.3 is 19.6 Å². The molecular weight excluding hydrogens is 344 g/mol. The van der Waals surface area contributed by atoms with Crippen LogP contribution in [-0.4, -0.2) is 52.2 Å². The summed E-state index contributed by atoms with van der Waals surface area (Å²) in [6.07, 6.45) is 1.79. The first kappa shape index (κ1) is 17.0. The molecule has 0 radical (unpaired) electrons. The first-order chi connectivity index (χ1) is 13.2. The highest BCUT2D eigenvalue weighted by Gasteiger charge is 2.21. The standard InChI is InChI=1S/C19H20N6O2/c1-14-21-18(23-27-14)15-5-7-16(8-6-15)22-19(26)25-12-10-24(11-13-25)17-4-2-3-9-20-17/h2-9H,10-13H2,1H3,(H,22,26). The number of rotatable bonds is 3. The predicted molar refractivity (Wildman–Crippen MR) is 102 cm³/mol. The molecule has 0 atom stereocenters. The van der Waals surface area contributed by atoms with Crippen LogP contribution in [0.5, 0.6) is 0 Å². The number of urea groups is 1. The lowest BCUT2D eigenvalue weighted by molar-refractivity contribution is 0.208. The van der Waals surface area contributed by atoms with Gasteiger partial charge in [0, 0.05) is 50.6 Å². The second kappa shape index (κ2) is 7.45. The van der Waals surface area contributed by atoms with Gasteiger partial charge in [0.25, 0.3) is 0 Å². The number of hydrogen-bond acceptors (Lipinski definition) is 6. The highest BCUT2D eigenvalue weighted by atomic mass is 16.5. The topological polar surface area (TPSA) is 87.4 Å². The minimum absolute atomic E-state index is 0.0983. The van der Waals surface area contributed by atoms with Crippen molar-refractivity contribution in [1.29, 1.82) is 0 Å². The van der Waals surface area contributed by atoms with E-state index in [2.05, 4.69) is 25.3 Å². The summed E-state index contributed by atoms with van der Waals surface area (Å²) in [5, 5.41) is 6.83. The van der Waals surface area contributed by atoms with Gasteiger partial charge in [0.1, 0.15) is 5.82 Å². The minimum atomic E-state index is -0.0983. The Bertz CT molecular complexity index is 901. The molecule has 1 saturated heterocycles. The summed E-state index contributed by atoms with van der Waals surface area (Å²) in [7, 11) is 0. The third-order valence-corrected chi connectivity index (χ3v) is 4.46. The second-order valence-electron chi connectivity index (χ2n) is 6.31. The van der Waals surface area contributed by atoms with Crippen molar-refractivity contribution in [1.82, 2.24) is 20.0 Å². The minimum Gasteiger partial charge on any atom is -0.353 e. The number of anilines is 2. The monoisotopic (exact) mass is 364 g/mol. The maximum Gasteiger partial charge on any atom is 0.321 e. The zero-order valence-electron chi connectivity index (χ0n) is 15.0. The molecule has 1 aliphatic heterocycles. The molecule has 0 saturated carbocycles. The first-order valence-electron chi connectivity index (χ1n) is 8.82. The molecule has 0 aliphatic carbocycles. The third-order valence-electron chi connectivity index (χ3n) is 4.46. The van der Waals surface area contributed by atoms with Gasteiger partial charge >= 0.3 is 6.03 Å². The molecule has 2 aromatic heterocycles. The molecule has 1 N–H and O–H groups in total. The fourth-order valence-electron chi connectivity index (χ4n) is 3.00. The van der Waals surface area contributed by atoms with Gasteiger partial charge in [-0.25, -0.2) is 9.78 Å². The van der Waals surface area contributed by atoms with Gasteiger partial charge in [-0.15, -0.1) is 0 Å². The number of nitrogens with one attached hydrogen (secondary N) is 1. The van der Waals surface area contributed by atoms with E-state index in [1.54, 1.807) is 13.1 Å². The van der Waals surface area contributed by atoms with Crippen LogP contribution in [0.2, 0.25) is 0 Å². The number of carbonyl (C=O) groups excluding carboxylic acids is 1. The third kappa shape index (κ3) is 3.89. The van der Waals surface area contributed by atoms with Crippen molar-refractivity contribution in [3.05, 3.63) is 54.6 Å². The Labute approximate surface area is 156 Å².